The number of nitrogens with zero attached hydrogens (tertiary/aromatic N) is 1. The molecule has 0 unspecified atom stereocenters. The molecule has 1 aromatic carbocycles. The Hall–Kier alpha value is -1.96. The maximum atomic E-state index is 12.6. The number of carbonyl (C=O) groups excluding carboxylic acids is 2. The van der Waals surface area contributed by atoms with Crippen LogP contribution in [0.2, 0.25) is 0 Å². The van der Waals surface area contributed by atoms with Gasteiger partial charge in [-0.05, 0) is 30.5 Å². The Kier molecular flexibility index (Phi) is 3.64. The Balaban J connectivity index is 1.72. The summed E-state index contributed by atoms with van der Waals surface area (Å²) in [6, 6.07) is 6.57. The van der Waals surface area contributed by atoms with Gasteiger partial charge >= 0.3 is 0 Å². The van der Waals surface area contributed by atoms with E-state index in [-0.39, 0.29) is 30.6 Å². The first-order valence-corrected chi connectivity index (χ1v) is 8.48. The number of aliphatic hydroxyl groups is 2. The molecule has 2 heterocycles. The van der Waals surface area contributed by atoms with E-state index in [2.05, 4.69) is 0 Å². The average molecular weight is 347 g/mol. The van der Waals surface area contributed by atoms with Crippen molar-refractivity contribution < 1.29 is 29.6 Å². The van der Waals surface area contributed by atoms with Crippen LogP contribution in [0, 0.1) is 23.7 Å². The third kappa shape index (κ3) is 2.23. The number of carbonyl (C=O) groups is 2. The third-order valence-corrected chi connectivity index (χ3v) is 6.05. The molecular formula is C18H21NO6. The number of benzene rings is 1. The Morgan fingerprint density at radius 3 is 2.72 bits per heavy atom. The van der Waals surface area contributed by atoms with Crippen molar-refractivity contribution in [2.45, 2.75) is 24.7 Å². The SMILES string of the molecule is CN1C(=O)[C@H]2[C@H](C[C@H](CO)[C@@]3(O)O[C@H](c4cccc(O)c4)C[C@@H]23)C1=O. The first-order chi connectivity index (χ1) is 11.9. The van der Waals surface area contributed by atoms with Crippen molar-refractivity contribution in [2.24, 2.45) is 23.7 Å². The summed E-state index contributed by atoms with van der Waals surface area (Å²) in [5.41, 5.74) is 0.696. The first kappa shape index (κ1) is 16.5. The number of amides is 2. The minimum absolute atomic E-state index is 0.0893. The predicted octanol–water partition coefficient (Wildman–Crippen LogP) is 0.402. The van der Waals surface area contributed by atoms with Crippen LogP contribution in [0.1, 0.15) is 24.5 Å². The molecule has 0 bridgehead atoms. The summed E-state index contributed by atoms with van der Waals surface area (Å²) in [6.07, 6.45) is 0.0593. The van der Waals surface area contributed by atoms with Crippen LogP contribution in [0.3, 0.4) is 0 Å². The fraction of sp³-hybridized carbons (Fsp3) is 0.556. The molecule has 3 fully saturated rings. The normalized spacial score (nSPS) is 40.3. The summed E-state index contributed by atoms with van der Waals surface area (Å²) < 4.78 is 5.93. The van der Waals surface area contributed by atoms with Crippen molar-refractivity contribution in [2.75, 3.05) is 13.7 Å². The number of aromatic hydroxyl groups is 1. The number of likely N-dealkylation sites (tertiary alicyclic amines) is 1. The number of hydrogen-bond acceptors (Lipinski definition) is 6. The molecule has 25 heavy (non-hydrogen) atoms. The molecule has 4 rings (SSSR count). The molecule has 7 heteroatoms. The topological polar surface area (TPSA) is 107 Å². The molecule has 134 valence electrons. The van der Waals surface area contributed by atoms with Crippen LogP contribution in [0.15, 0.2) is 24.3 Å². The maximum Gasteiger partial charge on any atom is 0.233 e. The third-order valence-electron chi connectivity index (χ3n) is 6.05. The number of fused-ring (bicyclic) bond motifs is 3. The molecular weight excluding hydrogens is 326 g/mol. The zero-order valence-corrected chi connectivity index (χ0v) is 13.8. The first-order valence-electron chi connectivity index (χ1n) is 8.48. The van der Waals surface area contributed by atoms with Gasteiger partial charge in [-0.3, -0.25) is 14.5 Å². The van der Waals surface area contributed by atoms with Gasteiger partial charge in [-0.1, -0.05) is 12.1 Å². The van der Waals surface area contributed by atoms with Gasteiger partial charge in [-0.15, -0.1) is 0 Å². The fourth-order valence-electron chi connectivity index (χ4n) is 4.78. The van der Waals surface area contributed by atoms with Gasteiger partial charge in [0.1, 0.15) is 5.75 Å². The highest BCUT2D eigenvalue weighted by atomic mass is 16.6. The second-order valence-corrected chi connectivity index (χ2v) is 7.28. The maximum absolute atomic E-state index is 12.6. The van der Waals surface area contributed by atoms with Crippen molar-refractivity contribution in [3.8, 4) is 5.75 Å². The van der Waals surface area contributed by atoms with E-state index in [0.29, 0.717) is 12.0 Å². The smallest absolute Gasteiger partial charge is 0.233 e. The van der Waals surface area contributed by atoms with E-state index in [0.717, 1.165) is 4.90 Å². The summed E-state index contributed by atoms with van der Waals surface area (Å²) in [7, 11) is 1.46. The lowest BCUT2D eigenvalue weighted by atomic mass is 9.64. The van der Waals surface area contributed by atoms with Crippen molar-refractivity contribution in [3.05, 3.63) is 29.8 Å². The van der Waals surface area contributed by atoms with Crippen LogP contribution in [0.25, 0.3) is 0 Å². The quantitative estimate of drug-likeness (QED) is 0.669. The highest BCUT2D eigenvalue weighted by Crippen LogP contribution is 2.57. The minimum atomic E-state index is -1.66. The molecule has 1 aliphatic carbocycles. The van der Waals surface area contributed by atoms with Crippen LogP contribution in [-0.4, -0.2) is 51.5 Å². The standard InChI is InChI=1S/C18H21NO6/c1-19-16(22)12-6-10(8-20)18(24)13(15(12)17(19)23)7-14(25-18)9-3-2-4-11(21)5-9/h2-5,10,12-15,20-21,24H,6-8H2,1H3/t10-,12+,13+,14+,15+,18-/m1/s1. The Morgan fingerprint density at radius 1 is 1.28 bits per heavy atom. The summed E-state index contributed by atoms with van der Waals surface area (Å²) in [5.74, 6) is -4.48. The van der Waals surface area contributed by atoms with Crippen LogP contribution >= 0.6 is 0 Å². The van der Waals surface area contributed by atoms with Crippen molar-refractivity contribution >= 4 is 11.8 Å². The molecule has 2 saturated heterocycles. The van der Waals surface area contributed by atoms with E-state index in [1.807, 2.05) is 0 Å². The lowest BCUT2D eigenvalue weighted by molar-refractivity contribution is -0.274. The molecule has 1 saturated carbocycles. The molecule has 3 aliphatic rings. The van der Waals surface area contributed by atoms with Gasteiger partial charge in [-0.2, -0.15) is 0 Å². The number of aliphatic hydroxyl groups excluding tert-OH is 1. The molecule has 2 amide bonds. The van der Waals surface area contributed by atoms with Crippen LogP contribution in [-0.2, 0) is 14.3 Å². The van der Waals surface area contributed by atoms with E-state index in [9.17, 15) is 24.9 Å². The van der Waals surface area contributed by atoms with E-state index in [1.165, 1.54) is 7.05 Å². The predicted molar refractivity (Wildman–Crippen MR) is 84.9 cm³/mol. The molecule has 0 radical (unpaired) electrons. The van der Waals surface area contributed by atoms with E-state index < -0.39 is 35.6 Å². The van der Waals surface area contributed by atoms with Gasteiger partial charge in [0.05, 0.1) is 24.5 Å². The molecule has 3 N–H and O–H groups in total. The summed E-state index contributed by atoms with van der Waals surface area (Å²) in [6.45, 7) is -0.325. The van der Waals surface area contributed by atoms with Gasteiger partial charge in [0.2, 0.25) is 11.8 Å². The van der Waals surface area contributed by atoms with Gasteiger partial charge in [0, 0.05) is 18.9 Å². The molecule has 0 spiro atoms. The summed E-state index contributed by atoms with van der Waals surface area (Å²) in [5, 5.41) is 30.6. The fourth-order valence-corrected chi connectivity index (χ4v) is 4.78. The van der Waals surface area contributed by atoms with E-state index in [4.69, 9.17) is 4.74 Å². The van der Waals surface area contributed by atoms with Crippen LogP contribution < -0.4 is 0 Å². The van der Waals surface area contributed by atoms with Crippen molar-refractivity contribution in [1.29, 1.82) is 0 Å². The Labute approximate surface area is 144 Å². The van der Waals surface area contributed by atoms with E-state index in [1.54, 1.807) is 24.3 Å². The van der Waals surface area contributed by atoms with Gasteiger partial charge in [-0.25, -0.2) is 0 Å². The summed E-state index contributed by atoms with van der Waals surface area (Å²) in [4.78, 5) is 26.1. The lowest BCUT2D eigenvalue weighted by Gasteiger charge is -2.44. The molecule has 0 aromatic heterocycles. The highest BCUT2D eigenvalue weighted by Gasteiger charge is 2.66. The zero-order chi connectivity index (χ0) is 17.9. The number of phenols is 1. The zero-order valence-electron chi connectivity index (χ0n) is 13.8. The van der Waals surface area contributed by atoms with Gasteiger partial charge in [0.15, 0.2) is 5.79 Å². The Morgan fingerprint density at radius 2 is 2.04 bits per heavy atom. The number of rotatable bonds is 2. The van der Waals surface area contributed by atoms with Crippen LogP contribution in [0.4, 0.5) is 0 Å². The summed E-state index contributed by atoms with van der Waals surface area (Å²) >= 11 is 0. The second-order valence-electron chi connectivity index (χ2n) is 7.28. The van der Waals surface area contributed by atoms with E-state index >= 15 is 0 Å². The number of hydrogen-bond donors (Lipinski definition) is 3. The van der Waals surface area contributed by atoms with Gasteiger partial charge in [0.25, 0.3) is 0 Å². The average Bonchev–Trinajstić information content (AvgIpc) is 3.05. The second kappa shape index (κ2) is 5.52. The largest absolute Gasteiger partial charge is 0.508 e. The molecule has 7 nitrogen and oxygen atoms in total. The number of ether oxygens (including phenoxy) is 1. The number of phenolic OH excluding ortho intramolecular Hbond substituents is 1. The lowest BCUT2D eigenvalue weighted by Crippen LogP contribution is -2.54. The highest BCUT2D eigenvalue weighted by molar-refractivity contribution is 6.05. The molecule has 1 aromatic rings. The molecule has 2 aliphatic heterocycles. The van der Waals surface area contributed by atoms with Crippen molar-refractivity contribution in [1.82, 2.24) is 4.90 Å². The Bertz CT molecular complexity index is 736. The number of imide groups is 1. The molecule has 6 atom stereocenters. The minimum Gasteiger partial charge on any atom is -0.508 e. The van der Waals surface area contributed by atoms with Crippen LogP contribution in [0.5, 0.6) is 5.75 Å². The monoisotopic (exact) mass is 347 g/mol. The van der Waals surface area contributed by atoms with Gasteiger partial charge < -0.3 is 20.1 Å². The van der Waals surface area contributed by atoms with Crippen molar-refractivity contribution in [3.63, 3.8) is 0 Å².